The Morgan fingerprint density at radius 1 is 1.05 bits per heavy atom. The van der Waals surface area contributed by atoms with Crippen LogP contribution in [0.1, 0.15) is 46.5 Å². The van der Waals surface area contributed by atoms with Crippen LogP contribution >= 0.6 is 0 Å². The average Bonchev–Trinajstić information content (AvgIpc) is 2.32. The normalized spacial score (nSPS) is 24.3. The van der Waals surface area contributed by atoms with Crippen LogP contribution in [0.25, 0.3) is 0 Å². The van der Waals surface area contributed by atoms with Gasteiger partial charge in [-0.2, -0.15) is 0 Å². The van der Waals surface area contributed by atoms with E-state index in [4.69, 9.17) is 0 Å². The van der Waals surface area contributed by atoms with E-state index >= 15 is 0 Å². The van der Waals surface area contributed by atoms with Gasteiger partial charge >= 0.3 is 0 Å². The second kappa shape index (κ2) is 5.48. The number of hydrogen-bond acceptors (Lipinski definition) is 1. The maximum absolute atomic E-state index is 13.6. The maximum atomic E-state index is 13.6. The van der Waals surface area contributed by atoms with Crippen LogP contribution in [-0.4, -0.2) is 6.04 Å². The van der Waals surface area contributed by atoms with E-state index in [-0.39, 0.29) is 0 Å². The summed E-state index contributed by atoms with van der Waals surface area (Å²) < 4.78 is 26.4. The fourth-order valence-corrected chi connectivity index (χ4v) is 2.93. The van der Waals surface area contributed by atoms with E-state index < -0.39 is 11.6 Å². The zero-order valence-electron chi connectivity index (χ0n) is 12.0. The first-order valence-electron chi connectivity index (χ1n) is 7.08. The van der Waals surface area contributed by atoms with Crippen molar-refractivity contribution in [1.29, 1.82) is 0 Å². The van der Waals surface area contributed by atoms with Crippen LogP contribution in [0.15, 0.2) is 18.2 Å². The third kappa shape index (κ3) is 3.68. The fraction of sp³-hybridized carbons (Fsp3) is 0.625. The lowest BCUT2D eigenvalue weighted by Crippen LogP contribution is -2.31. The summed E-state index contributed by atoms with van der Waals surface area (Å²) in [5.41, 5.74) is 0.770. The quantitative estimate of drug-likeness (QED) is 0.796. The summed E-state index contributed by atoms with van der Waals surface area (Å²) in [4.78, 5) is 0. The molecule has 19 heavy (non-hydrogen) atoms. The van der Waals surface area contributed by atoms with Crippen LogP contribution in [0.3, 0.4) is 0 Å². The summed E-state index contributed by atoms with van der Waals surface area (Å²) in [6, 6.07) is 4.02. The molecular weight excluding hydrogens is 244 g/mol. The predicted molar refractivity (Wildman–Crippen MR) is 75.2 cm³/mol. The molecule has 106 valence electrons. The first-order valence-corrected chi connectivity index (χ1v) is 7.08. The van der Waals surface area contributed by atoms with Crippen LogP contribution in [0, 0.1) is 23.0 Å². The van der Waals surface area contributed by atoms with Crippen molar-refractivity contribution in [2.75, 3.05) is 5.32 Å². The average molecular weight is 267 g/mol. The second-order valence-corrected chi connectivity index (χ2v) is 6.68. The summed E-state index contributed by atoms with van der Waals surface area (Å²) in [6.07, 6.45) is 4.45. The number of hydrogen-bond donors (Lipinski definition) is 1. The molecule has 1 aliphatic rings. The molecule has 0 spiro atoms. The summed E-state index contributed by atoms with van der Waals surface area (Å²) >= 11 is 0. The number of halogens is 2. The van der Waals surface area contributed by atoms with Crippen LogP contribution in [0.2, 0.25) is 0 Å². The van der Waals surface area contributed by atoms with Crippen molar-refractivity contribution in [3.63, 3.8) is 0 Å². The van der Waals surface area contributed by atoms with Gasteiger partial charge in [0.1, 0.15) is 11.6 Å². The third-order valence-electron chi connectivity index (χ3n) is 4.24. The minimum atomic E-state index is -0.528. The van der Waals surface area contributed by atoms with Crippen molar-refractivity contribution in [3.05, 3.63) is 29.8 Å². The highest BCUT2D eigenvalue weighted by atomic mass is 19.1. The van der Waals surface area contributed by atoms with Gasteiger partial charge in [0.05, 0.1) is 5.69 Å². The molecule has 1 aliphatic carbocycles. The Hall–Kier alpha value is -1.12. The molecular formula is C16H23F2N. The molecule has 0 heterocycles. The molecule has 1 saturated carbocycles. The molecule has 1 aromatic carbocycles. The van der Waals surface area contributed by atoms with Gasteiger partial charge in [-0.1, -0.05) is 20.8 Å². The van der Waals surface area contributed by atoms with Crippen LogP contribution < -0.4 is 5.32 Å². The van der Waals surface area contributed by atoms with E-state index in [0.29, 0.717) is 17.1 Å². The Morgan fingerprint density at radius 2 is 1.68 bits per heavy atom. The molecule has 0 unspecified atom stereocenters. The summed E-state index contributed by atoms with van der Waals surface area (Å²) in [5, 5.41) is 3.21. The van der Waals surface area contributed by atoms with Gasteiger partial charge in [0.2, 0.25) is 0 Å². The minimum Gasteiger partial charge on any atom is -0.380 e. The predicted octanol–water partition coefficient (Wildman–Crippen LogP) is 4.98. The lowest BCUT2D eigenvalue weighted by atomic mass is 9.71. The first-order chi connectivity index (χ1) is 8.86. The van der Waals surface area contributed by atoms with Crippen molar-refractivity contribution >= 4 is 5.69 Å². The van der Waals surface area contributed by atoms with E-state index in [1.165, 1.54) is 25.0 Å². The van der Waals surface area contributed by atoms with Gasteiger partial charge in [0.25, 0.3) is 0 Å². The second-order valence-electron chi connectivity index (χ2n) is 6.68. The topological polar surface area (TPSA) is 12.0 Å². The van der Waals surface area contributed by atoms with E-state index in [9.17, 15) is 8.78 Å². The van der Waals surface area contributed by atoms with E-state index in [1.54, 1.807) is 0 Å². The lowest BCUT2D eigenvalue weighted by Gasteiger charge is -2.37. The van der Waals surface area contributed by atoms with Gasteiger partial charge < -0.3 is 5.32 Å². The molecule has 1 nitrogen and oxygen atoms in total. The number of anilines is 1. The molecule has 0 atom stereocenters. The lowest BCUT2D eigenvalue weighted by molar-refractivity contribution is 0.173. The van der Waals surface area contributed by atoms with Crippen molar-refractivity contribution < 1.29 is 8.78 Å². The highest BCUT2D eigenvalue weighted by Gasteiger charge is 2.29. The highest BCUT2D eigenvalue weighted by Crippen LogP contribution is 2.38. The zero-order valence-corrected chi connectivity index (χ0v) is 12.0. The number of benzene rings is 1. The van der Waals surface area contributed by atoms with Crippen LogP contribution in [-0.2, 0) is 0 Å². The van der Waals surface area contributed by atoms with Gasteiger partial charge in [-0.25, -0.2) is 8.78 Å². The third-order valence-corrected chi connectivity index (χ3v) is 4.24. The number of nitrogens with one attached hydrogen (secondary N) is 1. The van der Waals surface area contributed by atoms with Crippen molar-refractivity contribution in [1.82, 2.24) is 0 Å². The molecule has 0 radical (unpaired) electrons. The Kier molecular flexibility index (Phi) is 4.12. The summed E-state index contributed by atoms with van der Waals surface area (Å²) in [5.74, 6) is -0.291. The van der Waals surface area contributed by atoms with Gasteiger partial charge in [-0.05, 0) is 49.1 Å². The SMILES string of the molecule is CC(C)(C)C1CCC(Nc2ccc(F)cc2F)CC1. The van der Waals surface area contributed by atoms with Gasteiger partial charge in [-0.15, -0.1) is 0 Å². The molecule has 1 aromatic rings. The fourth-order valence-electron chi connectivity index (χ4n) is 2.93. The standard InChI is InChI=1S/C16H23F2N/c1-16(2,3)11-4-7-13(8-5-11)19-15-9-6-12(17)10-14(15)18/h6,9-11,13,19H,4-5,7-8H2,1-3H3. The molecule has 1 fully saturated rings. The van der Waals surface area contributed by atoms with Crippen molar-refractivity contribution in [3.8, 4) is 0 Å². The Labute approximate surface area is 114 Å². The Balaban J connectivity index is 1.92. The monoisotopic (exact) mass is 267 g/mol. The number of rotatable bonds is 2. The van der Waals surface area contributed by atoms with E-state index in [2.05, 4.69) is 26.1 Å². The molecule has 0 bridgehead atoms. The molecule has 3 heteroatoms. The Morgan fingerprint density at radius 3 is 2.21 bits per heavy atom. The smallest absolute Gasteiger partial charge is 0.149 e. The molecule has 0 aliphatic heterocycles. The van der Waals surface area contributed by atoms with Gasteiger partial charge in [-0.3, -0.25) is 0 Å². The molecule has 0 amide bonds. The minimum absolute atomic E-state index is 0.304. The summed E-state index contributed by atoms with van der Waals surface area (Å²) in [6.45, 7) is 6.85. The largest absolute Gasteiger partial charge is 0.380 e. The van der Waals surface area contributed by atoms with Gasteiger partial charge in [0.15, 0.2) is 0 Å². The van der Waals surface area contributed by atoms with Crippen LogP contribution in [0.5, 0.6) is 0 Å². The summed E-state index contributed by atoms with van der Waals surface area (Å²) in [7, 11) is 0. The zero-order chi connectivity index (χ0) is 14.0. The molecule has 0 aromatic heterocycles. The van der Waals surface area contributed by atoms with Gasteiger partial charge in [0, 0.05) is 12.1 Å². The van der Waals surface area contributed by atoms with Crippen LogP contribution in [0.4, 0.5) is 14.5 Å². The Bertz CT molecular complexity index is 429. The first kappa shape index (κ1) is 14.3. The van der Waals surface area contributed by atoms with E-state index in [1.807, 2.05) is 0 Å². The molecule has 1 N–H and O–H groups in total. The molecule has 0 saturated heterocycles. The highest BCUT2D eigenvalue weighted by molar-refractivity contribution is 5.45. The van der Waals surface area contributed by atoms with E-state index in [0.717, 1.165) is 24.8 Å². The van der Waals surface area contributed by atoms with Crippen molar-refractivity contribution in [2.24, 2.45) is 11.3 Å². The molecule has 2 rings (SSSR count). The maximum Gasteiger partial charge on any atom is 0.149 e. The van der Waals surface area contributed by atoms with Crippen molar-refractivity contribution in [2.45, 2.75) is 52.5 Å².